The number of hydrogen-bond acceptors (Lipinski definition) is 6. The number of tetrazole rings is 1. The van der Waals surface area contributed by atoms with Crippen molar-refractivity contribution in [1.82, 2.24) is 20.6 Å². The van der Waals surface area contributed by atoms with Crippen LogP contribution in [0, 0.1) is 6.92 Å². The summed E-state index contributed by atoms with van der Waals surface area (Å²) in [6, 6.07) is 12.6. The zero-order chi connectivity index (χ0) is 17.6. The summed E-state index contributed by atoms with van der Waals surface area (Å²) < 4.78 is 10.8. The van der Waals surface area contributed by atoms with Crippen LogP contribution in [0.4, 0.5) is 5.69 Å². The Morgan fingerprint density at radius 2 is 1.96 bits per heavy atom. The van der Waals surface area contributed by atoms with Gasteiger partial charge in [0.05, 0.1) is 7.11 Å². The lowest BCUT2D eigenvalue weighted by Gasteiger charge is -2.11. The van der Waals surface area contributed by atoms with E-state index in [2.05, 4.69) is 25.9 Å². The molecule has 0 radical (unpaired) electrons. The zero-order valence-corrected chi connectivity index (χ0v) is 13.8. The van der Waals surface area contributed by atoms with Crippen LogP contribution in [0.3, 0.4) is 0 Å². The number of carbonyl (C=O) groups excluding carboxylic acids is 1. The van der Waals surface area contributed by atoms with Crippen LogP contribution >= 0.6 is 0 Å². The first-order chi connectivity index (χ1) is 12.2. The van der Waals surface area contributed by atoms with Gasteiger partial charge in [0, 0.05) is 11.3 Å². The third-order valence-corrected chi connectivity index (χ3v) is 3.45. The third kappa shape index (κ3) is 4.11. The summed E-state index contributed by atoms with van der Waals surface area (Å²) in [6.45, 7) is 1.84. The number of rotatable bonds is 6. The summed E-state index contributed by atoms with van der Waals surface area (Å²) >= 11 is 0. The fourth-order valence-corrected chi connectivity index (χ4v) is 2.22. The Morgan fingerprint density at radius 1 is 1.16 bits per heavy atom. The van der Waals surface area contributed by atoms with E-state index in [1.54, 1.807) is 37.4 Å². The van der Waals surface area contributed by atoms with Gasteiger partial charge in [0.1, 0.15) is 0 Å². The molecule has 0 aliphatic rings. The first kappa shape index (κ1) is 16.4. The Labute approximate surface area is 144 Å². The van der Waals surface area contributed by atoms with Crippen molar-refractivity contribution >= 4 is 11.6 Å². The molecule has 3 aromatic rings. The second-order valence-corrected chi connectivity index (χ2v) is 5.30. The largest absolute Gasteiger partial charge is 0.493 e. The molecule has 0 spiro atoms. The highest BCUT2D eigenvalue weighted by Crippen LogP contribution is 2.27. The lowest BCUT2D eigenvalue weighted by molar-refractivity contribution is -0.118. The SMILES string of the molecule is COc1cc(C)ccc1OCC(=O)Nc1ccc(-c2nn[nH]n2)cc1. The quantitative estimate of drug-likeness (QED) is 0.714. The van der Waals surface area contributed by atoms with Gasteiger partial charge in [-0.25, -0.2) is 0 Å². The molecule has 0 aliphatic carbocycles. The van der Waals surface area contributed by atoms with Crippen molar-refractivity contribution in [2.75, 3.05) is 19.0 Å². The van der Waals surface area contributed by atoms with Crippen LogP contribution in [0.5, 0.6) is 11.5 Å². The maximum absolute atomic E-state index is 12.0. The molecule has 0 saturated carbocycles. The number of carbonyl (C=O) groups is 1. The molecular formula is C17H17N5O3. The molecule has 3 rings (SSSR count). The van der Waals surface area contributed by atoms with Crippen molar-refractivity contribution in [3.8, 4) is 22.9 Å². The standard InChI is InChI=1S/C17H17N5O3/c1-11-3-8-14(15(9-11)24-2)25-10-16(23)18-13-6-4-12(5-7-13)17-19-21-22-20-17/h3-9H,10H2,1-2H3,(H,18,23)(H,19,20,21,22). The van der Waals surface area contributed by atoms with E-state index < -0.39 is 0 Å². The predicted octanol–water partition coefficient (Wildman–Crippen LogP) is 2.20. The summed E-state index contributed by atoms with van der Waals surface area (Å²) in [7, 11) is 1.56. The highest BCUT2D eigenvalue weighted by molar-refractivity contribution is 5.92. The molecular weight excluding hydrogens is 322 g/mol. The number of amides is 1. The lowest BCUT2D eigenvalue weighted by atomic mass is 10.2. The Bertz CT molecular complexity index is 847. The predicted molar refractivity (Wildman–Crippen MR) is 91.5 cm³/mol. The van der Waals surface area contributed by atoms with Gasteiger partial charge in [-0.1, -0.05) is 6.07 Å². The highest BCUT2D eigenvalue weighted by atomic mass is 16.5. The van der Waals surface area contributed by atoms with Crippen LogP contribution in [0.2, 0.25) is 0 Å². The van der Waals surface area contributed by atoms with Gasteiger partial charge in [0.15, 0.2) is 18.1 Å². The van der Waals surface area contributed by atoms with Crippen molar-refractivity contribution in [2.45, 2.75) is 6.92 Å². The second kappa shape index (κ2) is 7.43. The highest BCUT2D eigenvalue weighted by Gasteiger charge is 2.09. The molecule has 0 saturated heterocycles. The van der Waals surface area contributed by atoms with Gasteiger partial charge in [0.2, 0.25) is 5.82 Å². The molecule has 1 amide bonds. The number of ether oxygens (including phenoxy) is 2. The van der Waals surface area contributed by atoms with Crippen LogP contribution in [-0.2, 0) is 4.79 Å². The Balaban J connectivity index is 1.58. The molecule has 8 heteroatoms. The van der Waals surface area contributed by atoms with E-state index in [1.807, 2.05) is 19.1 Å². The Morgan fingerprint density at radius 3 is 2.64 bits per heavy atom. The van der Waals surface area contributed by atoms with Gasteiger partial charge in [0.25, 0.3) is 5.91 Å². The van der Waals surface area contributed by atoms with Gasteiger partial charge in [-0.2, -0.15) is 5.21 Å². The summed E-state index contributed by atoms with van der Waals surface area (Å²) in [6.07, 6.45) is 0. The number of nitrogens with one attached hydrogen (secondary N) is 2. The van der Waals surface area contributed by atoms with E-state index in [0.717, 1.165) is 11.1 Å². The van der Waals surface area contributed by atoms with E-state index in [1.165, 1.54) is 0 Å². The number of methoxy groups -OCH3 is 1. The molecule has 25 heavy (non-hydrogen) atoms. The molecule has 1 aromatic heterocycles. The van der Waals surface area contributed by atoms with Crippen molar-refractivity contribution in [2.24, 2.45) is 0 Å². The van der Waals surface area contributed by atoms with E-state index >= 15 is 0 Å². The van der Waals surface area contributed by atoms with Gasteiger partial charge in [-0.15, -0.1) is 10.2 Å². The lowest BCUT2D eigenvalue weighted by Crippen LogP contribution is -2.20. The fraction of sp³-hybridized carbons (Fsp3) is 0.176. The molecule has 0 atom stereocenters. The number of aromatic nitrogens is 4. The van der Waals surface area contributed by atoms with Gasteiger partial charge in [-0.3, -0.25) is 4.79 Å². The van der Waals surface area contributed by atoms with Crippen LogP contribution in [0.1, 0.15) is 5.56 Å². The molecule has 0 unspecified atom stereocenters. The molecule has 2 N–H and O–H groups in total. The summed E-state index contributed by atoms with van der Waals surface area (Å²) in [5, 5.41) is 16.5. The Hall–Kier alpha value is -3.42. The van der Waals surface area contributed by atoms with Crippen LogP contribution < -0.4 is 14.8 Å². The van der Waals surface area contributed by atoms with Crippen LogP contribution in [0.25, 0.3) is 11.4 Å². The average Bonchev–Trinajstić information content (AvgIpc) is 3.16. The van der Waals surface area contributed by atoms with Gasteiger partial charge >= 0.3 is 0 Å². The molecule has 2 aromatic carbocycles. The van der Waals surface area contributed by atoms with Gasteiger partial charge < -0.3 is 14.8 Å². The van der Waals surface area contributed by atoms with Crippen molar-refractivity contribution < 1.29 is 14.3 Å². The molecule has 1 heterocycles. The van der Waals surface area contributed by atoms with Crippen molar-refractivity contribution in [1.29, 1.82) is 0 Å². The van der Waals surface area contributed by atoms with Crippen molar-refractivity contribution in [3.05, 3.63) is 48.0 Å². The molecule has 8 nitrogen and oxygen atoms in total. The van der Waals surface area contributed by atoms with E-state index in [4.69, 9.17) is 9.47 Å². The summed E-state index contributed by atoms with van der Waals surface area (Å²) in [5.74, 6) is 1.34. The Kier molecular flexibility index (Phi) is 4.89. The maximum atomic E-state index is 12.0. The first-order valence-electron chi connectivity index (χ1n) is 7.57. The number of nitrogens with zero attached hydrogens (tertiary/aromatic N) is 3. The van der Waals surface area contributed by atoms with E-state index in [-0.39, 0.29) is 12.5 Å². The number of aromatic amines is 1. The number of anilines is 1. The minimum atomic E-state index is -0.269. The van der Waals surface area contributed by atoms with E-state index in [0.29, 0.717) is 23.0 Å². The monoisotopic (exact) mass is 339 g/mol. The minimum Gasteiger partial charge on any atom is -0.493 e. The molecule has 0 bridgehead atoms. The molecule has 0 aliphatic heterocycles. The fourth-order valence-electron chi connectivity index (χ4n) is 2.22. The molecule has 128 valence electrons. The normalized spacial score (nSPS) is 10.3. The average molecular weight is 339 g/mol. The maximum Gasteiger partial charge on any atom is 0.262 e. The number of hydrogen-bond donors (Lipinski definition) is 2. The third-order valence-electron chi connectivity index (χ3n) is 3.45. The molecule has 0 fully saturated rings. The minimum absolute atomic E-state index is 0.119. The van der Waals surface area contributed by atoms with Gasteiger partial charge in [-0.05, 0) is 54.1 Å². The van der Waals surface area contributed by atoms with Crippen molar-refractivity contribution in [3.63, 3.8) is 0 Å². The summed E-state index contributed by atoms with van der Waals surface area (Å²) in [5.41, 5.74) is 2.50. The van der Waals surface area contributed by atoms with E-state index in [9.17, 15) is 4.79 Å². The number of aryl methyl sites for hydroxylation is 1. The van der Waals surface area contributed by atoms with Crippen LogP contribution in [0.15, 0.2) is 42.5 Å². The number of benzene rings is 2. The smallest absolute Gasteiger partial charge is 0.262 e. The zero-order valence-electron chi connectivity index (χ0n) is 13.8. The number of H-pyrrole nitrogens is 1. The topological polar surface area (TPSA) is 102 Å². The van der Waals surface area contributed by atoms with Crippen LogP contribution in [-0.4, -0.2) is 40.2 Å². The summed E-state index contributed by atoms with van der Waals surface area (Å²) in [4.78, 5) is 12.0. The second-order valence-electron chi connectivity index (χ2n) is 5.30. The first-order valence-corrected chi connectivity index (χ1v) is 7.57.